The van der Waals surface area contributed by atoms with E-state index in [4.69, 9.17) is 0 Å². The number of thioether (sulfide) groups is 1. The van der Waals surface area contributed by atoms with E-state index in [2.05, 4.69) is 20.5 Å². The molecule has 8 heteroatoms. The van der Waals surface area contributed by atoms with E-state index in [-0.39, 0.29) is 11.7 Å². The molecule has 0 fully saturated rings. The number of pyridine rings is 1. The Balaban J connectivity index is 1.28. The van der Waals surface area contributed by atoms with Gasteiger partial charge >= 0.3 is 0 Å². The fraction of sp³-hybridized carbons (Fsp3) is 0.167. The van der Waals surface area contributed by atoms with Gasteiger partial charge in [0.05, 0.1) is 5.69 Å². The SMILES string of the molecule is Cn1c(CCNC(=O)c2ccc(-c3ccc(F)cc3)cc2)nnc1SCc1ccccn1. The van der Waals surface area contributed by atoms with Gasteiger partial charge in [-0.1, -0.05) is 42.1 Å². The Hall–Kier alpha value is -3.52. The Morgan fingerprint density at radius 1 is 1.00 bits per heavy atom. The van der Waals surface area contributed by atoms with Crippen LogP contribution in [0.5, 0.6) is 0 Å². The number of benzene rings is 2. The van der Waals surface area contributed by atoms with Crippen LogP contribution < -0.4 is 5.32 Å². The molecule has 0 atom stereocenters. The van der Waals surface area contributed by atoms with Crippen LogP contribution in [0.25, 0.3) is 11.1 Å². The van der Waals surface area contributed by atoms with Gasteiger partial charge in [-0.15, -0.1) is 10.2 Å². The van der Waals surface area contributed by atoms with Crippen molar-refractivity contribution in [2.24, 2.45) is 7.05 Å². The van der Waals surface area contributed by atoms with Crippen molar-refractivity contribution in [1.29, 1.82) is 0 Å². The van der Waals surface area contributed by atoms with Crippen molar-refractivity contribution in [3.63, 3.8) is 0 Å². The van der Waals surface area contributed by atoms with Crippen LogP contribution in [0.1, 0.15) is 21.9 Å². The lowest BCUT2D eigenvalue weighted by atomic mass is 10.0. The fourth-order valence-corrected chi connectivity index (χ4v) is 4.00. The highest BCUT2D eigenvalue weighted by Crippen LogP contribution is 2.21. The molecule has 0 saturated carbocycles. The van der Waals surface area contributed by atoms with Crippen LogP contribution in [-0.2, 0) is 19.2 Å². The quantitative estimate of drug-likeness (QED) is 0.408. The second-order valence-corrected chi connectivity index (χ2v) is 8.10. The highest BCUT2D eigenvalue weighted by molar-refractivity contribution is 7.98. The molecule has 0 radical (unpaired) electrons. The Kier molecular flexibility index (Phi) is 6.91. The van der Waals surface area contributed by atoms with Crippen LogP contribution >= 0.6 is 11.8 Å². The van der Waals surface area contributed by atoms with Gasteiger partial charge in [-0.3, -0.25) is 9.78 Å². The van der Waals surface area contributed by atoms with E-state index in [1.807, 2.05) is 41.9 Å². The van der Waals surface area contributed by atoms with Crippen molar-refractivity contribution < 1.29 is 9.18 Å². The average Bonchev–Trinajstić information content (AvgIpc) is 3.18. The van der Waals surface area contributed by atoms with E-state index < -0.39 is 0 Å². The highest BCUT2D eigenvalue weighted by Gasteiger charge is 2.11. The molecule has 2 aromatic heterocycles. The summed E-state index contributed by atoms with van der Waals surface area (Å²) in [6, 6.07) is 19.4. The summed E-state index contributed by atoms with van der Waals surface area (Å²) in [7, 11) is 1.92. The third-order valence-electron chi connectivity index (χ3n) is 4.96. The van der Waals surface area contributed by atoms with Crippen LogP contribution in [0.2, 0.25) is 0 Å². The van der Waals surface area contributed by atoms with Gasteiger partial charge < -0.3 is 9.88 Å². The number of nitrogens with one attached hydrogen (secondary N) is 1. The van der Waals surface area contributed by atoms with E-state index in [9.17, 15) is 9.18 Å². The summed E-state index contributed by atoms with van der Waals surface area (Å²) < 4.78 is 15.0. The first-order valence-electron chi connectivity index (χ1n) is 10.2. The highest BCUT2D eigenvalue weighted by atomic mass is 32.2. The minimum absolute atomic E-state index is 0.150. The lowest BCUT2D eigenvalue weighted by Crippen LogP contribution is -2.26. The molecule has 0 aliphatic rings. The van der Waals surface area contributed by atoms with Gasteiger partial charge in [-0.2, -0.15) is 0 Å². The normalized spacial score (nSPS) is 10.8. The van der Waals surface area contributed by atoms with Crippen LogP contribution in [0, 0.1) is 5.82 Å². The van der Waals surface area contributed by atoms with Gasteiger partial charge in [0, 0.05) is 37.5 Å². The minimum Gasteiger partial charge on any atom is -0.352 e. The molecule has 0 unspecified atom stereocenters. The number of nitrogens with zero attached hydrogens (tertiary/aromatic N) is 4. The number of carbonyl (C=O) groups excluding carboxylic acids is 1. The average molecular weight is 448 g/mol. The molecule has 0 saturated heterocycles. The van der Waals surface area contributed by atoms with Gasteiger partial charge in [0.15, 0.2) is 5.16 Å². The Morgan fingerprint density at radius 2 is 1.72 bits per heavy atom. The molecule has 1 amide bonds. The molecular formula is C24H22FN5OS. The number of hydrogen-bond acceptors (Lipinski definition) is 5. The zero-order valence-electron chi connectivity index (χ0n) is 17.5. The summed E-state index contributed by atoms with van der Waals surface area (Å²) in [5.74, 6) is 1.10. The molecule has 2 heterocycles. The molecule has 2 aromatic carbocycles. The van der Waals surface area contributed by atoms with Crippen LogP contribution in [-0.4, -0.2) is 32.2 Å². The standard InChI is InChI=1S/C24H22FN5OS/c1-30-22(28-29-24(30)32-16-21-4-2-3-14-26-21)13-15-27-23(31)19-7-5-17(6-8-19)18-9-11-20(25)12-10-18/h2-12,14H,13,15-16H2,1H3,(H,27,31). The molecule has 1 N–H and O–H groups in total. The summed E-state index contributed by atoms with van der Waals surface area (Å²) >= 11 is 1.58. The van der Waals surface area contributed by atoms with Gasteiger partial charge in [0.25, 0.3) is 5.91 Å². The smallest absolute Gasteiger partial charge is 0.251 e. The number of aromatic nitrogens is 4. The van der Waals surface area contributed by atoms with Crippen molar-refractivity contribution in [3.05, 3.63) is 95.8 Å². The number of carbonyl (C=O) groups is 1. The lowest BCUT2D eigenvalue weighted by molar-refractivity contribution is 0.0954. The van der Waals surface area contributed by atoms with Gasteiger partial charge in [0.2, 0.25) is 0 Å². The first-order chi connectivity index (χ1) is 15.6. The van der Waals surface area contributed by atoms with E-state index in [1.54, 1.807) is 42.2 Å². The van der Waals surface area contributed by atoms with Gasteiger partial charge in [-0.05, 0) is 47.5 Å². The van der Waals surface area contributed by atoms with E-state index in [0.717, 1.165) is 33.6 Å². The van der Waals surface area contributed by atoms with E-state index >= 15 is 0 Å². The molecule has 0 aliphatic carbocycles. The van der Waals surface area contributed by atoms with E-state index in [0.29, 0.717) is 18.5 Å². The summed E-state index contributed by atoms with van der Waals surface area (Å²) in [6.07, 6.45) is 2.35. The Morgan fingerprint density at radius 3 is 2.41 bits per heavy atom. The third-order valence-corrected chi connectivity index (χ3v) is 6.01. The van der Waals surface area contributed by atoms with Crippen molar-refractivity contribution in [3.8, 4) is 11.1 Å². The first-order valence-corrected chi connectivity index (χ1v) is 11.1. The molecule has 32 heavy (non-hydrogen) atoms. The maximum absolute atomic E-state index is 13.1. The second-order valence-electron chi connectivity index (χ2n) is 7.16. The van der Waals surface area contributed by atoms with Crippen molar-refractivity contribution >= 4 is 17.7 Å². The number of hydrogen-bond donors (Lipinski definition) is 1. The molecule has 6 nitrogen and oxygen atoms in total. The summed E-state index contributed by atoms with van der Waals surface area (Å²) in [5.41, 5.74) is 3.38. The first kappa shape index (κ1) is 21.7. The summed E-state index contributed by atoms with van der Waals surface area (Å²) in [4.78, 5) is 16.8. The Bertz CT molecular complexity index is 1180. The monoisotopic (exact) mass is 447 g/mol. The number of amides is 1. The molecule has 0 aliphatic heterocycles. The third kappa shape index (κ3) is 5.39. The second kappa shape index (κ2) is 10.2. The topological polar surface area (TPSA) is 72.7 Å². The predicted molar refractivity (Wildman–Crippen MR) is 123 cm³/mol. The zero-order valence-corrected chi connectivity index (χ0v) is 18.3. The molecule has 0 spiro atoms. The molecule has 4 aromatic rings. The number of rotatable bonds is 8. The lowest BCUT2D eigenvalue weighted by Gasteiger charge is -2.07. The van der Waals surface area contributed by atoms with E-state index in [1.165, 1.54) is 12.1 Å². The zero-order chi connectivity index (χ0) is 22.3. The Labute approximate surface area is 189 Å². The van der Waals surface area contributed by atoms with Crippen molar-refractivity contribution in [1.82, 2.24) is 25.1 Å². The van der Waals surface area contributed by atoms with Crippen LogP contribution in [0.3, 0.4) is 0 Å². The predicted octanol–water partition coefficient (Wildman–Crippen LogP) is 4.28. The molecular weight excluding hydrogens is 425 g/mol. The van der Waals surface area contributed by atoms with Crippen LogP contribution in [0.15, 0.2) is 78.1 Å². The molecule has 162 valence electrons. The van der Waals surface area contributed by atoms with Crippen LogP contribution in [0.4, 0.5) is 4.39 Å². The van der Waals surface area contributed by atoms with Gasteiger partial charge in [0.1, 0.15) is 11.6 Å². The maximum atomic E-state index is 13.1. The van der Waals surface area contributed by atoms with Crippen molar-refractivity contribution in [2.45, 2.75) is 17.3 Å². The minimum atomic E-state index is -0.272. The number of halogens is 1. The molecule has 4 rings (SSSR count). The summed E-state index contributed by atoms with van der Waals surface area (Å²) in [6.45, 7) is 0.454. The van der Waals surface area contributed by atoms with Crippen molar-refractivity contribution in [2.75, 3.05) is 6.54 Å². The van der Waals surface area contributed by atoms with Gasteiger partial charge in [-0.25, -0.2) is 4.39 Å². The summed E-state index contributed by atoms with van der Waals surface area (Å²) in [5, 5.41) is 12.2. The largest absolute Gasteiger partial charge is 0.352 e. The fourth-order valence-electron chi connectivity index (χ4n) is 3.16. The molecule has 0 bridgehead atoms. The maximum Gasteiger partial charge on any atom is 0.251 e.